The van der Waals surface area contributed by atoms with E-state index in [2.05, 4.69) is 16.3 Å². The fourth-order valence-electron chi connectivity index (χ4n) is 1.62. The van der Waals surface area contributed by atoms with E-state index in [9.17, 15) is 0 Å². The van der Waals surface area contributed by atoms with Gasteiger partial charge in [0.2, 0.25) is 0 Å². The van der Waals surface area contributed by atoms with Gasteiger partial charge in [-0.3, -0.25) is 5.10 Å². The predicted octanol–water partition coefficient (Wildman–Crippen LogP) is 2.37. The van der Waals surface area contributed by atoms with E-state index in [1.807, 2.05) is 32.0 Å². The SMILES string of the molecule is CCOc1ccc(-c2cc(N)n[nH]2)cc1C. The molecule has 0 bridgehead atoms. The highest BCUT2D eigenvalue weighted by molar-refractivity contribution is 5.64. The molecular formula is C12H15N3O. The van der Waals surface area contributed by atoms with Gasteiger partial charge in [0.1, 0.15) is 11.6 Å². The van der Waals surface area contributed by atoms with Gasteiger partial charge in [0.05, 0.1) is 12.3 Å². The number of H-pyrrole nitrogens is 1. The van der Waals surface area contributed by atoms with Gasteiger partial charge in [-0.25, -0.2) is 0 Å². The van der Waals surface area contributed by atoms with Crippen LogP contribution in [0.5, 0.6) is 5.75 Å². The van der Waals surface area contributed by atoms with Crippen molar-refractivity contribution in [2.45, 2.75) is 13.8 Å². The summed E-state index contributed by atoms with van der Waals surface area (Å²) >= 11 is 0. The molecule has 0 atom stereocenters. The van der Waals surface area contributed by atoms with E-state index in [-0.39, 0.29) is 0 Å². The number of aromatic nitrogens is 2. The van der Waals surface area contributed by atoms with E-state index in [1.165, 1.54) is 0 Å². The minimum Gasteiger partial charge on any atom is -0.494 e. The Morgan fingerprint density at radius 1 is 1.38 bits per heavy atom. The highest BCUT2D eigenvalue weighted by Gasteiger charge is 2.04. The smallest absolute Gasteiger partial charge is 0.145 e. The first-order chi connectivity index (χ1) is 7.70. The second-order valence-corrected chi connectivity index (χ2v) is 3.62. The van der Waals surface area contributed by atoms with Gasteiger partial charge in [-0.05, 0) is 37.6 Å². The Kier molecular flexibility index (Phi) is 2.81. The lowest BCUT2D eigenvalue weighted by atomic mass is 10.1. The average Bonchev–Trinajstić information content (AvgIpc) is 2.68. The van der Waals surface area contributed by atoms with E-state index in [4.69, 9.17) is 10.5 Å². The molecule has 1 heterocycles. The van der Waals surface area contributed by atoms with Crippen LogP contribution < -0.4 is 10.5 Å². The van der Waals surface area contributed by atoms with Crippen LogP contribution in [0.3, 0.4) is 0 Å². The van der Waals surface area contributed by atoms with E-state index < -0.39 is 0 Å². The summed E-state index contributed by atoms with van der Waals surface area (Å²) in [5.74, 6) is 1.42. The van der Waals surface area contributed by atoms with Crippen LogP contribution >= 0.6 is 0 Å². The maximum atomic E-state index is 5.56. The quantitative estimate of drug-likeness (QED) is 0.829. The van der Waals surface area contributed by atoms with Gasteiger partial charge in [-0.1, -0.05) is 0 Å². The molecule has 4 nitrogen and oxygen atoms in total. The minimum absolute atomic E-state index is 0.501. The monoisotopic (exact) mass is 217 g/mol. The summed E-state index contributed by atoms with van der Waals surface area (Å²) < 4.78 is 5.48. The zero-order valence-corrected chi connectivity index (χ0v) is 9.45. The molecule has 3 N–H and O–H groups in total. The summed E-state index contributed by atoms with van der Waals surface area (Å²) in [7, 11) is 0. The van der Waals surface area contributed by atoms with Crippen LogP contribution in [-0.4, -0.2) is 16.8 Å². The summed E-state index contributed by atoms with van der Waals surface area (Å²) in [4.78, 5) is 0. The number of hydrogen-bond acceptors (Lipinski definition) is 3. The lowest BCUT2D eigenvalue weighted by Crippen LogP contribution is -1.94. The highest BCUT2D eigenvalue weighted by atomic mass is 16.5. The molecule has 1 aromatic heterocycles. The molecule has 2 aromatic rings. The van der Waals surface area contributed by atoms with Crippen molar-refractivity contribution in [1.29, 1.82) is 0 Å². The zero-order valence-electron chi connectivity index (χ0n) is 9.45. The average molecular weight is 217 g/mol. The van der Waals surface area contributed by atoms with Crippen LogP contribution in [0.2, 0.25) is 0 Å². The van der Waals surface area contributed by atoms with Gasteiger partial charge in [-0.15, -0.1) is 0 Å². The molecule has 0 aliphatic carbocycles. The molecule has 2 rings (SSSR count). The van der Waals surface area contributed by atoms with Gasteiger partial charge in [0.15, 0.2) is 0 Å². The fraction of sp³-hybridized carbons (Fsp3) is 0.250. The minimum atomic E-state index is 0.501. The van der Waals surface area contributed by atoms with Gasteiger partial charge in [0, 0.05) is 11.6 Å². The van der Waals surface area contributed by atoms with Crippen molar-refractivity contribution in [3.63, 3.8) is 0 Å². The summed E-state index contributed by atoms with van der Waals surface area (Å²) in [6.07, 6.45) is 0. The summed E-state index contributed by atoms with van der Waals surface area (Å²) in [5, 5.41) is 6.79. The van der Waals surface area contributed by atoms with E-state index >= 15 is 0 Å². The van der Waals surface area contributed by atoms with Crippen LogP contribution in [0.25, 0.3) is 11.3 Å². The molecule has 0 unspecified atom stereocenters. The molecular weight excluding hydrogens is 202 g/mol. The lowest BCUT2D eigenvalue weighted by Gasteiger charge is -2.07. The van der Waals surface area contributed by atoms with E-state index in [0.717, 1.165) is 22.6 Å². The third kappa shape index (κ3) is 2.00. The Hall–Kier alpha value is -1.97. The maximum absolute atomic E-state index is 5.56. The van der Waals surface area contributed by atoms with Crippen LogP contribution in [-0.2, 0) is 0 Å². The number of anilines is 1. The molecule has 0 amide bonds. The van der Waals surface area contributed by atoms with Gasteiger partial charge >= 0.3 is 0 Å². The largest absolute Gasteiger partial charge is 0.494 e. The number of aryl methyl sites for hydroxylation is 1. The van der Waals surface area contributed by atoms with Gasteiger partial charge < -0.3 is 10.5 Å². The molecule has 0 fully saturated rings. The van der Waals surface area contributed by atoms with E-state index in [0.29, 0.717) is 12.4 Å². The number of nitrogens with one attached hydrogen (secondary N) is 1. The Bertz CT molecular complexity index is 491. The number of ether oxygens (including phenoxy) is 1. The summed E-state index contributed by atoms with van der Waals surface area (Å²) in [6, 6.07) is 7.82. The van der Waals surface area contributed by atoms with Crippen molar-refractivity contribution in [3.05, 3.63) is 29.8 Å². The topological polar surface area (TPSA) is 63.9 Å². The number of hydrogen-bond donors (Lipinski definition) is 2. The van der Waals surface area contributed by atoms with Crippen LogP contribution in [0.1, 0.15) is 12.5 Å². The number of rotatable bonds is 3. The zero-order chi connectivity index (χ0) is 11.5. The molecule has 0 aliphatic heterocycles. The predicted molar refractivity (Wildman–Crippen MR) is 64.3 cm³/mol. The Labute approximate surface area is 94.4 Å². The van der Waals surface area contributed by atoms with Crippen molar-refractivity contribution in [2.24, 2.45) is 0 Å². The molecule has 0 radical (unpaired) electrons. The Balaban J connectivity index is 2.34. The van der Waals surface area contributed by atoms with Crippen molar-refractivity contribution < 1.29 is 4.74 Å². The standard InChI is InChI=1S/C12H15N3O/c1-3-16-11-5-4-9(6-8(11)2)10-7-12(13)15-14-10/h4-7H,3H2,1-2H3,(H3,13,14,15). The van der Waals surface area contributed by atoms with Crippen molar-refractivity contribution in [2.75, 3.05) is 12.3 Å². The molecule has 84 valence electrons. The second kappa shape index (κ2) is 4.26. The third-order valence-corrected chi connectivity index (χ3v) is 2.38. The van der Waals surface area contributed by atoms with Crippen molar-refractivity contribution in [3.8, 4) is 17.0 Å². The second-order valence-electron chi connectivity index (χ2n) is 3.62. The summed E-state index contributed by atoms with van der Waals surface area (Å²) in [6.45, 7) is 4.67. The first-order valence-electron chi connectivity index (χ1n) is 5.25. The number of nitrogens with two attached hydrogens (primary N) is 1. The van der Waals surface area contributed by atoms with Crippen LogP contribution in [0, 0.1) is 6.92 Å². The molecule has 0 aliphatic rings. The summed E-state index contributed by atoms with van der Waals surface area (Å²) in [5.41, 5.74) is 8.65. The molecule has 0 spiro atoms. The van der Waals surface area contributed by atoms with Crippen LogP contribution in [0.15, 0.2) is 24.3 Å². The van der Waals surface area contributed by atoms with Gasteiger partial charge in [-0.2, -0.15) is 5.10 Å². The van der Waals surface area contributed by atoms with E-state index in [1.54, 1.807) is 0 Å². The maximum Gasteiger partial charge on any atom is 0.145 e. The van der Waals surface area contributed by atoms with Crippen molar-refractivity contribution in [1.82, 2.24) is 10.2 Å². The first kappa shape index (κ1) is 10.5. The fourth-order valence-corrected chi connectivity index (χ4v) is 1.62. The number of benzene rings is 1. The Morgan fingerprint density at radius 3 is 2.75 bits per heavy atom. The third-order valence-electron chi connectivity index (χ3n) is 2.38. The Morgan fingerprint density at radius 2 is 2.19 bits per heavy atom. The molecule has 0 saturated carbocycles. The number of aromatic amines is 1. The lowest BCUT2D eigenvalue weighted by molar-refractivity contribution is 0.338. The van der Waals surface area contributed by atoms with Crippen molar-refractivity contribution >= 4 is 5.82 Å². The van der Waals surface area contributed by atoms with Gasteiger partial charge in [0.25, 0.3) is 0 Å². The number of nitrogen functional groups attached to an aromatic ring is 1. The molecule has 4 heteroatoms. The molecule has 16 heavy (non-hydrogen) atoms. The molecule has 1 aromatic carbocycles. The first-order valence-corrected chi connectivity index (χ1v) is 5.25. The molecule has 0 saturated heterocycles. The normalized spacial score (nSPS) is 10.4. The number of nitrogens with zero attached hydrogens (tertiary/aromatic N) is 1. The van der Waals surface area contributed by atoms with Crippen LogP contribution in [0.4, 0.5) is 5.82 Å². The highest BCUT2D eigenvalue weighted by Crippen LogP contribution is 2.25.